The van der Waals surface area contributed by atoms with Crippen molar-refractivity contribution >= 4 is 28.5 Å². The summed E-state index contributed by atoms with van der Waals surface area (Å²) >= 11 is 0. The largest absolute Gasteiger partial charge is 0.299 e. The van der Waals surface area contributed by atoms with Crippen molar-refractivity contribution in [2.45, 2.75) is 25.4 Å². The zero-order valence-corrected chi connectivity index (χ0v) is 16.3. The molecule has 1 saturated heterocycles. The van der Waals surface area contributed by atoms with Gasteiger partial charge in [-0.15, -0.1) is 12.4 Å². The summed E-state index contributed by atoms with van der Waals surface area (Å²) in [5, 5.41) is 1.26. The quantitative estimate of drug-likeness (QED) is 0.816. The van der Waals surface area contributed by atoms with Crippen LogP contribution < -0.4 is 4.72 Å². The first-order valence-corrected chi connectivity index (χ1v) is 10.2. The van der Waals surface area contributed by atoms with Crippen LogP contribution in [-0.2, 0) is 16.6 Å². The van der Waals surface area contributed by atoms with Crippen LogP contribution in [0.3, 0.4) is 0 Å². The van der Waals surface area contributed by atoms with E-state index in [9.17, 15) is 8.42 Å². The highest BCUT2D eigenvalue weighted by atomic mass is 35.5. The fourth-order valence-corrected chi connectivity index (χ4v) is 4.17. The van der Waals surface area contributed by atoms with Gasteiger partial charge in [0.25, 0.3) is 0 Å². The van der Waals surface area contributed by atoms with Gasteiger partial charge < -0.3 is 0 Å². The number of benzene rings is 2. The minimum atomic E-state index is -3.40. The van der Waals surface area contributed by atoms with Gasteiger partial charge in [0.15, 0.2) is 0 Å². The number of nitrogens with zero attached hydrogens (tertiary/aromatic N) is 1. The molecular weight excluding hydrogens is 368 g/mol. The number of nitrogens with one attached hydrogen (secondary N) is 1. The number of hydrogen-bond donors (Lipinski definition) is 1. The number of piperidine rings is 1. The summed E-state index contributed by atoms with van der Waals surface area (Å²) in [6, 6.07) is 19.8. The number of rotatable bonds is 6. The summed E-state index contributed by atoms with van der Waals surface area (Å²) in [5.41, 5.74) is 2.18. The Balaban J connectivity index is 0.00000243. The third kappa shape index (κ3) is 6.57. The van der Waals surface area contributed by atoms with Crippen molar-refractivity contribution in [2.24, 2.45) is 0 Å². The van der Waals surface area contributed by atoms with E-state index >= 15 is 0 Å². The van der Waals surface area contributed by atoms with E-state index < -0.39 is 10.0 Å². The molecule has 0 aliphatic carbocycles. The minimum absolute atomic E-state index is 0. The molecule has 0 amide bonds. The van der Waals surface area contributed by atoms with E-state index in [0.717, 1.165) is 38.0 Å². The van der Waals surface area contributed by atoms with Crippen LogP contribution in [0.25, 0.3) is 6.08 Å². The van der Waals surface area contributed by atoms with Crippen molar-refractivity contribution in [1.29, 1.82) is 0 Å². The van der Waals surface area contributed by atoms with Crippen LogP contribution in [0.5, 0.6) is 0 Å². The van der Waals surface area contributed by atoms with E-state index in [4.69, 9.17) is 0 Å². The van der Waals surface area contributed by atoms with E-state index in [-0.39, 0.29) is 18.4 Å². The molecule has 140 valence electrons. The molecule has 0 spiro atoms. The molecule has 1 N–H and O–H groups in total. The number of likely N-dealkylation sites (tertiary alicyclic amines) is 1. The molecule has 2 aromatic carbocycles. The zero-order valence-electron chi connectivity index (χ0n) is 14.6. The number of sulfonamides is 1. The Morgan fingerprint density at radius 2 is 1.54 bits per heavy atom. The minimum Gasteiger partial charge on any atom is -0.299 e. The van der Waals surface area contributed by atoms with Crippen molar-refractivity contribution in [2.75, 3.05) is 13.1 Å². The highest BCUT2D eigenvalue weighted by Gasteiger charge is 2.22. The van der Waals surface area contributed by atoms with Gasteiger partial charge in [-0.05, 0) is 30.0 Å². The van der Waals surface area contributed by atoms with Gasteiger partial charge in [0.2, 0.25) is 10.0 Å². The lowest BCUT2D eigenvalue weighted by molar-refractivity contribution is 0.200. The summed E-state index contributed by atoms with van der Waals surface area (Å²) in [5.74, 6) is 0. The van der Waals surface area contributed by atoms with Crippen LogP contribution >= 0.6 is 12.4 Å². The summed E-state index contributed by atoms with van der Waals surface area (Å²) in [4.78, 5) is 2.37. The lowest BCUT2D eigenvalue weighted by Gasteiger charge is -2.31. The van der Waals surface area contributed by atoms with Gasteiger partial charge in [0.1, 0.15) is 0 Å². The van der Waals surface area contributed by atoms with Crippen LogP contribution in [0.15, 0.2) is 66.1 Å². The summed E-state index contributed by atoms with van der Waals surface area (Å²) < 4.78 is 27.3. The SMILES string of the molecule is Cl.O=S(=O)(/C=C/c1ccccc1)NC1CCN(Cc2ccccc2)CC1. The Hall–Kier alpha value is -1.66. The Morgan fingerprint density at radius 1 is 0.962 bits per heavy atom. The molecule has 1 aliphatic rings. The number of halogens is 1. The van der Waals surface area contributed by atoms with Crippen molar-refractivity contribution < 1.29 is 8.42 Å². The average Bonchev–Trinajstić information content (AvgIpc) is 2.63. The first kappa shape index (κ1) is 20.6. The third-order valence-corrected chi connectivity index (χ3v) is 5.56. The molecule has 1 heterocycles. The lowest BCUT2D eigenvalue weighted by Crippen LogP contribution is -2.43. The van der Waals surface area contributed by atoms with Gasteiger partial charge >= 0.3 is 0 Å². The third-order valence-electron chi connectivity index (χ3n) is 4.41. The molecule has 6 heteroatoms. The fraction of sp³-hybridized carbons (Fsp3) is 0.300. The smallest absolute Gasteiger partial charge is 0.233 e. The highest BCUT2D eigenvalue weighted by molar-refractivity contribution is 7.92. The van der Waals surface area contributed by atoms with Gasteiger partial charge in [0, 0.05) is 31.1 Å². The van der Waals surface area contributed by atoms with Crippen LogP contribution in [0, 0.1) is 0 Å². The maximum Gasteiger partial charge on any atom is 0.233 e. The van der Waals surface area contributed by atoms with Crippen LogP contribution in [-0.4, -0.2) is 32.4 Å². The van der Waals surface area contributed by atoms with Gasteiger partial charge in [-0.1, -0.05) is 60.7 Å². The molecule has 1 aliphatic heterocycles. The van der Waals surface area contributed by atoms with E-state index in [1.54, 1.807) is 6.08 Å². The van der Waals surface area contributed by atoms with Crippen molar-refractivity contribution in [3.63, 3.8) is 0 Å². The van der Waals surface area contributed by atoms with Gasteiger partial charge in [-0.3, -0.25) is 4.90 Å². The Kier molecular flexibility index (Phi) is 7.85. The normalized spacial score (nSPS) is 16.5. The summed E-state index contributed by atoms with van der Waals surface area (Å²) in [7, 11) is -3.40. The van der Waals surface area contributed by atoms with Crippen LogP contribution in [0.2, 0.25) is 0 Å². The predicted octanol–water partition coefficient (Wildman–Crippen LogP) is 3.66. The predicted molar refractivity (Wildman–Crippen MR) is 110 cm³/mol. The average molecular weight is 393 g/mol. The van der Waals surface area contributed by atoms with Crippen molar-refractivity contribution in [3.8, 4) is 0 Å². The molecule has 0 unspecified atom stereocenters. The standard InChI is InChI=1S/C20H24N2O2S.ClH/c23-25(24,16-13-18-7-3-1-4-8-18)21-20-11-14-22(15-12-20)17-19-9-5-2-6-10-19;/h1-10,13,16,20-21H,11-12,14-15,17H2;1H/b16-13+;. The Morgan fingerprint density at radius 3 is 2.15 bits per heavy atom. The molecule has 3 rings (SSSR count). The second-order valence-corrected chi connectivity index (χ2v) is 8.01. The van der Waals surface area contributed by atoms with Gasteiger partial charge in [-0.2, -0.15) is 0 Å². The molecule has 2 aromatic rings. The monoisotopic (exact) mass is 392 g/mol. The van der Waals surface area contributed by atoms with Crippen LogP contribution in [0.1, 0.15) is 24.0 Å². The summed E-state index contributed by atoms with van der Waals surface area (Å²) in [6.45, 7) is 2.74. The lowest BCUT2D eigenvalue weighted by atomic mass is 10.1. The van der Waals surface area contributed by atoms with Crippen LogP contribution in [0.4, 0.5) is 0 Å². The van der Waals surface area contributed by atoms with Gasteiger partial charge in [0.05, 0.1) is 0 Å². The van der Waals surface area contributed by atoms with Crippen molar-refractivity contribution in [1.82, 2.24) is 9.62 Å². The van der Waals surface area contributed by atoms with E-state index in [0.29, 0.717) is 0 Å². The summed E-state index contributed by atoms with van der Waals surface area (Å²) in [6.07, 6.45) is 3.31. The zero-order chi connectivity index (χ0) is 17.5. The molecule has 4 nitrogen and oxygen atoms in total. The maximum atomic E-state index is 12.2. The molecule has 0 radical (unpaired) electrons. The second kappa shape index (κ2) is 9.88. The van der Waals surface area contributed by atoms with Crippen molar-refractivity contribution in [3.05, 3.63) is 77.2 Å². The number of hydrogen-bond acceptors (Lipinski definition) is 3. The second-order valence-electron chi connectivity index (χ2n) is 6.41. The Bertz CT molecular complexity index is 787. The molecule has 0 atom stereocenters. The first-order chi connectivity index (χ1) is 12.1. The van der Waals surface area contributed by atoms with E-state index in [1.165, 1.54) is 11.0 Å². The Labute approximate surface area is 162 Å². The maximum absolute atomic E-state index is 12.2. The van der Waals surface area contributed by atoms with Gasteiger partial charge in [-0.25, -0.2) is 13.1 Å². The topological polar surface area (TPSA) is 49.4 Å². The first-order valence-electron chi connectivity index (χ1n) is 8.62. The van der Waals surface area contributed by atoms with E-state index in [1.807, 2.05) is 36.4 Å². The molecule has 1 fully saturated rings. The molecule has 26 heavy (non-hydrogen) atoms. The molecule has 0 aromatic heterocycles. The fourth-order valence-electron chi connectivity index (χ4n) is 3.05. The van der Waals surface area contributed by atoms with E-state index in [2.05, 4.69) is 33.9 Å². The molecule has 0 bridgehead atoms. The molecular formula is C20H25ClN2O2S. The molecule has 0 saturated carbocycles. The highest BCUT2D eigenvalue weighted by Crippen LogP contribution is 2.15.